The van der Waals surface area contributed by atoms with Crippen LogP contribution in [-0.4, -0.2) is 32.8 Å². The smallest absolute Gasteiger partial charge is 0.382 e. The van der Waals surface area contributed by atoms with E-state index in [9.17, 15) is 31.1 Å². The zero-order valence-electron chi connectivity index (χ0n) is 18.0. The van der Waals surface area contributed by atoms with Gasteiger partial charge in [0, 0.05) is 34.4 Å². The standard InChI is InChI=1S/C22H20ClF6N5O/c23-11-4-5-16-14(6-11)17(8-18(32-16)22(27,28)29)30-12-2-1-3-13(7-12)31-21(35)15-9-34(10-24)33-19(15)20(25)26/h4-6,8-9,12-13,20H,1-3,7,10H2,(H,30,32)(H,31,35)/t12-,13+/m0/s1. The van der Waals surface area contributed by atoms with Gasteiger partial charge in [0.05, 0.1) is 11.1 Å². The summed E-state index contributed by atoms with van der Waals surface area (Å²) < 4.78 is 80.0. The van der Waals surface area contributed by atoms with Gasteiger partial charge in [-0.05, 0) is 49.9 Å². The van der Waals surface area contributed by atoms with Crippen LogP contribution in [-0.2, 0) is 13.0 Å². The van der Waals surface area contributed by atoms with Crippen molar-refractivity contribution in [3.05, 3.63) is 52.4 Å². The number of carbonyl (C=O) groups excluding carboxylic acids is 1. The fourth-order valence-corrected chi connectivity index (χ4v) is 4.40. The first-order valence-corrected chi connectivity index (χ1v) is 11.1. The summed E-state index contributed by atoms with van der Waals surface area (Å²) in [5, 5.41) is 9.91. The highest BCUT2D eigenvalue weighted by atomic mass is 35.5. The molecule has 1 amide bonds. The highest BCUT2D eigenvalue weighted by molar-refractivity contribution is 6.31. The van der Waals surface area contributed by atoms with Gasteiger partial charge in [-0.1, -0.05) is 11.6 Å². The van der Waals surface area contributed by atoms with Crippen LogP contribution in [0.2, 0.25) is 5.02 Å². The second-order valence-corrected chi connectivity index (χ2v) is 8.72. The van der Waals surface area contributed by atoms with Gasteiger partial charge in [-0.3, -0.25) is 4.79 Å². The molecule has 2 atom stereocenters. The average Bonchev–Trinajstić information content (AvgIpc) is 3.24. The van der Waals surface area contributed by atoms with Crippen LogP contribution in [0, 0.1) is 0 Å². The maximum Gasteiger partial charge on any atom is 0.433 e. The number of nitrogens with zero attached hydrogens (tertiary/aromatic N) is 3. The summed E-state index contributed by atoms with van der Waals surface area (Å²) in [5.41, 5.74) is -1.97. The molecule has 0 aliphatic heterocycles. The maximum absolute atomic E-state index is 13.4. The summed E-state index contributed by atoms with van der Waals surface area (Å²) in [4.78, 5) is 16.3. The van der Waals surface area contributed by atoms with Crippen LogP contribution < -0.4 is 10.6 Å². The molecule has 1 aliphatic carbocycles. The molecular formula is C22H20ClF6N5O. The number of nitrogens with one attached hydrogen (secondary N) is 2. The van der Waals surface area contributed by atoms with E-state index in [0.717, 1.165) is 12.3 Å². The third-order valence-corrected chi connectivity index (χ3v) is 6.03. The van der Waals surface area contributed by atoms with Crippen molar-refractivity contribution in [1.82, 2.24) is 20.1 Å². The van der Waals surface area contributed by atoms with Crippen LogP contribution in [0.15, 0.2) is 30.5 Å². The van der Waals surface area contributed by atoms with Gasteiger partial charge in [0.25, 0.3) is 12.3 Å². The Morgan fingerprint density at radius 1 is 1.20 bits per heavy atom. The fraction of sp³-hybridized carbons (Fsp3) is 0.409. The number of aromatic nitrogens is 3. The van der Waals surface area contributed by atoms with E-state index in [4.69, 9.17) is 11.6 Å². The molecular weight excluding hydrogens is 500 g/mol. The van der Waals surface area contributed by atoms with Gasteiger partial charge in [0.15, 0.2) is 6.80 Å². The number of amides is 1. The van der Waals surface area contributed by atoms with E-state index in [1.807, 2.05) is 0 Å². The first-order chi connectivity index (χ1) is 16.5. The summed E-state index contributed by atoms with van der Waals surface area (Å²) in [7, 11) is 0. The molecule has 6 nitrogen and oxygen atoms in total. The van der Waals surface area contributed by atoms with E-state index >= 15 is 0 Å². The maximum atomic E-state index is 13.4. The predicted molar refractivity (Wildman–Crippen MR) is 117 cm³/mol. The van der Waals surface area contributed by atoms with Gasteiger partial charge in [-0.15, -0.1) is 0 Å². The molecule has 1 aromatic carbocycles. The number of hydrogen-bond donors (Lipinski definition) is 2. The third kappa shape index (κ3) is 5.63. The molecule has 2 heterocycles. The lowest BCUT2D eigenvalue weighted by Gasteiger charge is -2.31. The molecule has 1 saturated carbocycles. The highest BCUT2D eigenvalue weighted by Crippen LogP contribution is 2.35. The number of alkyl halides is 6. The Balaban J connectivity index is 1.53. The molecule has 4 rings (SSSR count). The molecule has 1 fully saturated rings. The van der Waals surface area contributed by atoms with Crippen molar-refractivity contribution in [2.75, 3.05) is 5.32 Å². The monoisotopic (exact) mass is 519 g/mol. The molecule has 35 heavy (non-hydrogen) atoms. The first-order valence-electron chi connectivity index (χ1n) is 10.7. The van der Waals surface area contributed by atoms with Crippen molar-refractivity contribution >= 4 is 34.1 Å². The predicted octanol–water partition coefficient (Wildman–Crippen LogP) is 6.12. The Bertz CT molecular complexity index is 1230. The first kappa shape index (κ1) is 25.1. The van der Waals surface area contributed by atoms with Crippen LogP contribution in [0.4, 0.5) is 32.0 Å². The number of fused-ring (bicyclic) bond motifs is 1. The number of hydrogen-bond acceptors (Lipinski definition) is 4. The minimum atomic E-state index is -4.65. The fourth-order valence-electron chi connectivity index (χ4n) is 4.23. The van der Waals surface area contributed by atoms with Gasteiger partial charge in [0.1, 0.15) is 11.4 Å². The second kappa shape index (κ2) is 9.92. The number of halogens is 7. The summed E-state index contributed by atoms with van der Waals surface area (Å²) in [5.74, 6) is -0.814. The molecule has 188 valence electrons. The molecule has 0 bridgehead atoms. The number of benzene rings is 1. The molecule has 2 N–H and O–H groups in total. The molecule has 0 radical (unpaired) electrons. The molecule has 2 aromatic heterocycles. The quantitative estimate of drug-likeness (QED) is 0.385. The second-order valence-electron chi connectivity index (χ2n) is 8.28. The molecule has 13 heteroatoms. The topological polar surface area (TPSA) is 71.8 Å². The van der Waals surface area contributed by atoms with Gasteiger partial charge < -0.3 is 10.6 Å². The van der Waals surface area contributed by atoms with E-state index in [1.54, 1.807) is 0 Å². The van der Waals surface area contributed by atoms with Crippen LogP contribution in [0.25, 0.3) is 10.9 Å². The molecule has 3 aromatic rings. The normalized spacial score (nSPS) is 18.7. The summed E-state index contributed by atoms with van der Waals surface area (Å²) in [6, 6.07) is 4.53. The summed E-state index contributed by atoms with van der Waals surface area (Å²) in [6.45, 7) is -1.16. The Morgan fingerprint density at radius 2 is 1.94 bits per heavy atom. The van der Waals surface area contributed by atoms with E-state index in [-0.39, 0.29) is 17.2 Å². The zero-order valence-corrected chi connectivity index (χ0v) is 18.8. The van der Waals surface area contributed by atoms with Gasteiger partial charge >= 0.3 is 6.18 Å². The van der Waals surface area contributed by atoms with Crippen molar-refractivity contribution in [2.45, 2.75) is 57.2 Å². The van der Waals surface area contributed by atoms with Crippen molar-refractivity contribution in [3.63, 3.8) is 0 Å². The van der Waals surface area contributed by atoms with Gasteiger partial charge in [0.2, 0.25) is 0 Å². The van der Waals surface area contributed by atoms with Crippen molar-refractivity contribution < 1.29 is 31.1 Å². The molecule has 0 saturated heterocycles. The van der Waals surface area contributed by atoms with Crippen LogP contribution in [0.1, 0.15) is 53.9 Å². The zero-order chi connectivity index (χ0) is 25.3. The van der Waals surface area contributed by atoms with Crippen molar-refractivity contribution in [1.29, 1.82) is 0 Å². The lowest BCUT2D eigenvalue weighted by molar-refractivity contribution is -0.140. The van der Waals surface area contributed by atoms with Gasteiger partial charge in [-0.2, -0.15) is 18.3 Å². The Labute approximate surface area is 200 Å². The van der Waals surface area contributed by atoms with Crippen LogP contribution >= 0.6 is 11.6 Å². The minimum Gasteiger partial charge on any atom is -0.382 e. The SMILES string of the molecule is O=C(N[C@@H]1CCC[C@H](Nc2cc(C(F)(F)F)nc3ccc(Cl)cc23)C1)c1cn(CF)nc1C(F)F. The number of carbonyl (C=O) groups is 1. The molecule has 1 aliphatic rings. The summed E-state index contributed by atoms with van der Waals surface area (Å²) >= 11 is 6.04. The number of anilines is 1. The Morgan fingerprint density at radius 3 is 2.63 bits per heavy atom. The average molecular weight is 520 g/mol. The van der Waals surface area contributed by atoms with E-state index in [0.29, 0.717) is 40.8 Å². The number of pyridine rings is 1. The van der Waals surface area contributed by atoms with Crippen LogP contribution in [0.3, 0.4) is 0 Å². The van der Waals surface area contributed by atoms with E-state index in [1.165, 1.54) is 18.2 Å². The summed E-state index contributed by atoms with van der Waals surface area (Å²) in [6.07, 6.45) is -4.68. The highest BCUT2D eigenvalue weighted by Gasteiger charge is 2.34. The number of rotatable bonds is 6. The molecule has 0 spiro atoms. The third-order valence-electron chi connectivity index (χ3n) is 5.79. The van der Waals surface area contributed by atoms with E-state index < -0.39 is 48.3 Å². The lowest BCUT2D eigenvalue weighted by Crippen LogP contribution is -2.42. The minimum absolute atomic E-state index is 0.122. The largest absolute Gasteiger partial charge is 0.433 e. The van der Waals surface area contributed by atoms with Crippen molar-refractivity contribution in [2.24, 2.45) is 0 Å². The Kier molecular flexibility index (Phi) is 7.11. The Hall–Kier alpha value is -3.02. The van der Waals surface area contributed by atoms with Crippen molar-refractivity contribution in [3.8, 4) is 0 Å². The van der Waals surface area contributed by atoms with Gasteiger partial charge in [-0.25, -0.2) is 22.8 Å². The van der Waals surface area contributed by atoms with Crippen LogP contribution in [0.5, 0.6) is 0 Å². The molecule has 0 unspecified atom stereocenters. The van der Waals surface area contributed by atoms with E-state index in [2.05, 4.69) is 20.7 Å². The lowest BCUT2D eigenvalue weighted by atomic mass is 9.90.